The minimum atomic E-state index is -0.214. The fourth-order valence-electron chi connectivity index (χ4n) is 1.56. The van der Waals surface area contributed by atoms with E-state index in [0.717, 1.165) is 26.4 Å². The van der Waals surface area contributed by atoms with Crippen molar-refractivity contribution >= 4 is 0 Å². The minimum Gasteiger partial charge on any atom is -0.508 e. The molecular formula is C16H24O5. The molecule has 2 unspecified atom stereocenters. The molecule has 2 fully saturated rings. The Labute approximate surface area is 125 Å². The fourth-order valence-corrected chi connectivity index (χ4v) is 1.56. The van der Waals surface area contributed by atoms with Crippen LogP contribution in [0.2, 0.25) is 0 Å². The Bertz CT molecular complexity index is 421. The molecule has 1 aromatic carbocycles. The molecule has 0 spiro atoms. The maximum atomic E-state index is 9.13. The molecular weight excluding hydrogens is 272 g/mol. The van der Waals surface area contributed by atoms with Crippen LogP contribution < -0.4 is 4.74 Å². The minimum absolute atomic E-state index is 0.214. The maximum absolute atomic E-state index is 9.13. The van der Waals surface area contributed by atoms with Gasteiger partial charge in [-0.05, 0) is 32.9 Å². The maximum Gasteiger partial charge on any atom is 0.123 e. The van der Waals surface area contributed by atoms with Crippen molar-refractivity contribution < 1.29 is 24.1 Å². The van der Waals surface area contributed by atoms with Crippen LogP contribution in [0.5, 0.6) is 11.5 Å². The van der Waals surface area contributed by atoms with Crippen LogP contribution >= 0.6 is 0 Å². The van der Waals surface area contributed by atoms with Gasteiger partial charge in [-0.1, -0.05) is 6.07 Å². The van der Waals surface area contributed by atoms with E-state index < -0.39 is 0 Å². The van der Waals surface area contributed by atoms with E-state index in [-0.39, 0.29) is 11.4 Å². The largest absolute Gasteiger partial charge is 0.508 e. The van der Waals surface area contributed by atoms with E-state index in [1.54, 1.807) is 18.2 Å². The van der Waals surface area contributed by atoms with Gasteiger partial charge in [-0.3, -0.25) is 0 Å². The molecule has 1 N–H and O–H groups in total. The van der Waals surface area contributed by atoms with Crippen molar-refractivity contribution in [2.24, 2.45) is 0 Å². The van der Waals surface area contributed by atoms with Crippen molar-refractivity contribution in [3.63, 3.8) is 0 Å². The lowest BCUT2D eigenvalue weighted by atomic mass is 10.2. The van der Waals surface area contributed by atoms with Crippen LogP contribution in [-0.2, 0) is 14.2 Å². The Morgan fingerprint density at radius 1 is 1.14 bits per heavy atom. The number of hydrogen-bond acceptors (Lipinski definition) is 5. The molecule has 2 aliphatic rings. The van der Waals surface area contributed by atoms with Crippen LogP contribution in [-0.4, -0.2) is 49.3 Å². The third kappa shape index (κ3) is 7.90. The van der Waals surface area contributed by atoms with Crippen LogP contribution in [0.4, 0.5) is 0 Å². The van der Waals surface area contributed by atoms with Gasteiger partial charge in [0.15, 0.2) is 0 Å². The molecule has 0 aromatic heterocycles. The molecule has 0 radical (unpaired) electrons. The average Bonchev–Trinajstić information content (AvgIpc) is 3.22. The number of benzene rings is 1. The number of hydrogen-bond donors (Lipinski definition) is 1. The van der Waals surface area contributed by atoms with E-state index in [0.29, 0.717) is 18.0 Å². The first kappa shape index (κ1) is 16.1. The Hall–Kier alpha value is -1.30. The predicted molar refractivity (Wildman–Crippen MR) is 78.8 cm³/mol. The highest BCUT2D eigenvalue weighted by atomic mass is 16.6. The molecule has 118 valence electrons. The SMILES string of the molecule is C(OCC1CO1)C1CO1.CC(C)(C)Oc1cccc(O)c1. The monoisotopic (exact) mass is 296 g/mol. The summed E-state index contributed by atoms with van der Waals surface area (Å²) in [7, 11) is 0. The zero-order valence-electron chi connectivity index (χ0n) is 12.9. The molecule has 5 nitrogen and oxygen atoms in total. The molecule has 0 aliphatic carbocycles. The molecule has 2 atom stereocenters. The lowest BCUT2D eigenvalue weighted by Crippen LogP contribution is -2.22. The Balaban J connectivity index is 0.000000159. The summed E-state index contributed by atoms with van der Waals surface area (Å²) in [6.07, 6.45) is 0.785. The van der Waals surface area contributed by atoms with Gasteiger partial charge >= 0.3 is 0 Å². The summed E-state index contributed by atoms with van der Waals surface area (Å²) >= 11 is 0. The van der Waals surface area contributed by atoms with E-state index in [1.165, 1.54) is 0 Å². The van der Waals surface area contributed by atoms with Gasteiger partial charge in [-0.25, -0.2) is 0 Å². The summed E-state index contributed by atoms with van der Waals surface area (Å²) in [5.41, 5.74) is -0.214. The lowest BCUT2D eigenvalue weighted by Gasteiger charge is -2.21. The van der Waals surface area contributed by atoms with Gasteiger partial charge in [0.2, 0.25) is 0 Å². The van der Waals surface area contributed by atoms with Crippen molar-refractivity contribution in [1.29, 1.82) is 0 Å². The van der Waals surface area contributed by atoms with Crippen molar-refractivity contribution in [1.82, 2.24) is 0 Å². The third-order valence-electron chi connectivity index (χ3n) is 2.65. The Morgan fingerprint density at radius 2 is 1.71 bits per heavy atom. The summed E-state index contributed by atoms with van der Waals surface area (Å²) in [4.78, 5) is 0. The molecule has 0 saturated carbocycles. The Morgan fingerprint density at radius 3 is 2.14 bits per heavy atom. The first-order chi connectivity index (χ1) is 9.92. The van der Waals surface area contributed by atoms with Crippen molar-refractivity contribution in [2.75, 3.05) is 26.4 Å². The Kier molecular flexibility index (Phi) is 5.45. The van der Waals surface area contributed by atoms with E-state index in [4.69, 9.17) is 24.1 Å². The molecule has 2 aliphatic heterocycles. The van der Waals surface area contributed by atoms with Crippen LogP contribution in [0, 0.1) is 0 Å². The van der Waals surface area contributed by atoms with Gasteiger partial charge < -0.3 is 24.1 Å². The number of aromatic hydroxyl groups is 1. The van der Waals surface area contributed by atoms with Gasteiger partial charge in [0.1, 0.15) is 29.3 Å². The van der Waals surface area contributed by atoms with Crippen LogP contribution in [0.3, 0.4) is 0 Å². The van der Waals surface area contributed by atoms with E-state index in [9.17, 15) is 0 Å². The highest BCUT2D eigenvalue weighted by molar-refractivity contribution is 5.32. The molecule has 2 heterocycles. The molecule has 0 bridgehead atoms. The van der Waals surface area contributed by atoms with Gasteiger partial charge in [-0.2, -0.15) is 0 Å². The number of epoxide rings is 2. The van der Waals surface area contributed by atoms with Crippen molar-refractivity contribution in [3.8, 4) is 11.5 Å². The number of phenolic OH excluding ortho intramolecular Hbond substituents is 1. The highest BCUT2D eigenvalue weighted by Gasteiger charge is 2.26. The number of rotatable bonds is 5. The third-order valence-corrected chi connectivity index (χ3v) is 2.65. The summed E-state index contributed by atoms with van der Waals surface area (Å²) in [5, 5.41) is 9.13. The van der Waals surface area contributed by atoms with E-state index >= 15 is 0 Å². The number of phenols is 1. The topological polar surface area (TPSA) is 63.8 Å². The molecule has 0 amide bonds. The van der Waals surface area contributed by atoms with Gasteiger partial charge in [-0.15, -0.1) is 0 Å². The summed E-state index contributed by atoms with van der Waals surface area (Å²) in [6.45, 7) is 9.17. The summed E-state index contributed by atoms with van der Waals surface area (Å²) in [6, 6.07) is 6.81. The zero-order chi connectivity index (χ0) is 15.3. The predicted octanol–water partition coefficient (Wildman–Crippen LogP) is 2.37. The number of ether oxygens (including phenoxy) is 4. The fraction of sp³-hybridized carbons (Fsp3) is 0.625. The first-order valence-electron chi connectivity index (χ1n) is 7.21. The average molecular weight is 296 g/mol. The second-order valence-corrected chi connectivity index (χ2v) is 6.16. The molecule has 5 heteroatoms. The quantitative estimate of drug-likeness (QED) is 0.845. The zero-order valence-corrected chi connectivity index (χ0v) is 12.9. The van der Waals surface area contributed by atoms with Crippen LogP contribution in [0.15, 0.2) is 24.3 Å². The second kappa shape index (κ2) is 7.11. The van der Waals surface area contributed by atoms with Crippen molar-refractivity contribution in [2.45, 2.75) is 38.6 Å². The highest BCUT2D eigenvalue weighted by Crippen LogP contribution is 2.21. The molecule has 3 rings (SSSR count). The first-order valence-corrected chi connectivity index (χ1v) is 7.21. The van der Waals surface area contributed by atoms with E-state index in [2.05, 4.69) is 0 Å². The molecule has 21 heavy (non-hydrogen) atoms. The standard InChI is InChI=1S/C10H14O2.C6H10O3/c1-10(2,3)12-9-6-4-5-8(11)7-9;1(5-3-8-5)7-2-6-4-9-6/h4-7,11H,1-3H3;5-6H,1-4H2. The second-order valence-electron chi connectivity index (χ2n) is 6.16. The normalized spacial score (nSPS) is 23.0. The van der Waals surface area contributed by atoms with Gasteiger partial charge in [0, 0.05) is 6.07 Å². The summed E-state index contributed by atoms with van der Waals surface area (Å²) < 4.78 is 20.6. The van der Waals surface area contributed by atoms with Gasteiger partial charge in [0.25, 0.3) is 0 Å². The molecule has 2 saturated heterocycles. The van der Waals surface area contributed by atoms with Crippen molar-refractivity contribution in [3.05, 3.63) is 24.3 Å². The molecule has 1 aromatic rings. The summed E-state index contributed by atoms with van der Waals surface area (Å²) in [5.74, 6) is 0.930. The van der Waals surface area contributed by atoms with Gasteiger partial charge in [0.05, 0.1) is 26.4 Å². The van der Waals surface area contributed by atoms with Crippen LogP contribution in [0.25, 0.3) is 0 Å². The van der Waals surface area contributed by atoms with Crippen LogP contribution in [0.1, 0.15) is 20.8 Å². The lowest BCUT2D eigenvalue weighted by molar-refractivity contribution is 0.102. The van der Waals surface area contributed by atoms with E-state index in [1.807, 2.05) is 26.8 Å². The smallest absolute Gasteiger partial charge is 0.123 e.